The number of hydrogen-bond acceptors (Lipinski definition) is 7. The summed E-state index contributed by atoms with van der Waals surface area (Å²) in [5, 5.41) is 1.47. The number of nitrogens with zero attached hydrogens (tertiary/aromatic N) is 3. The van der Waals surface area contributed by atoms with Crippen molar-refractivity contribution in [3.8, 4) is 11.5 Å². The number of benzene rings is 4. The standard InChI is InChI=1S/C35H35N3O6S/c1-43-30-23-27(16-18-38-34(39)28-14-6-12-26-13-7-15-29(33(26)28)35(38)40)32(24-31(30)44-2)45(41,42)37-21-19-36(20-22-37)17-8-11-25-9-4-3-5-10-25/h3-15,23-24H,16-22H2,1-2H3. The molecule has 0 N–H and O–H groups in total. The third kappa shape index (κ3) is 5.96. The van der Waals surface area contributed by atoms with E-state index in [9.17, 15) is 18.0 Å². The minimum absolute atomic E-state index is 0.00190. The minimum Gasteiger partial charge on any atom is -0.493 e. The highest BCUT2D eigenvalue weighted by Crippen LogP contribution is 2.36. The lowest BCUT2D eigenvalue weighted by molar-refractivity contribution is 0.0612. The third-order valence-electron chi connectivity index (χ3n) is 8.45. The number of methoxy groups -OCH3 is 2. The number of sulfonamides is 1. The fraction of sp³-hybridized carbons (Fsp3) is 0.257. The van der Waals surface area contributed by atoms with E-state index in [0.717, 1.165) is 17.5 Å². The first-order chi connectivity index (χ1) is 21.8. The van der Waals surface area contributed by atoms with Gasteiger partial charge in [0.2, 0.25) is 10.0 Å². The molecule has 10 heteroatoms. The summed E-state index contributed by atoms with van der Waals surface area (Å²) < 4.78 is 40.7. The molecule has 232 valence electrons. The highest BCUT2D eigenvalue weighted by Gasteiger charge is 2.35. The molecule has 0 unspecified atom stereocenters. The summed E-state index contributed by atoms with van der Waals surface area (Å²) in [7, 11) is -0.994. The maximum absolute atomic E-state index is 14.1. The summed E-state index contributed by atoms with van der Waals surface area (Å²) in [5.74, 6) is -0.138. The zero-order chi connectivity index (χ0) is 31.6. The van der Waals surface area contributed by atoms with Crippen molar-refractivity contribution >= 4 is 38.7 Å². The van der Waals surface area contributed by atoms with Gasteiger partial charge >= 0.3 is 0 Å². The lowest BCUT2D eigenvalue weighted by atomic mass is 9.94. The molecule has 2 aliphatic rings. The minimum atomic E-state index is -3.93. The average Bonchev–Trinajstić information content (AvgIpc) is 3.07. The molecule has 4 aromatic rings. The molecule has 0 atom stereocenters. The van der Waals surface area contributed by atoms with Crippen LogP contribution in [0.25, 0.3) is 16.8 Å². The molecule has 0 spiro atoms. The van der Waals surface area contributed by atoms with Gasteiger partial charge in [0.1, 0.15) is 0 Å². The zero-order valence-corrected chi connectivity index (χ0v) is 26.1. The number of rotatable bonds is 10. The van der Waals surface area contributed by atoms with Gasteiger partial charge in [0.25, 0.3) is 11.8 Å². The van der Waals surface area contributed by atoms with Crippen LogP contribution in [0.4, 0.5) is 0 Å². The first-order valence-electron chi connectivity index (χ1n) is 14.9. The maximum Gasteiger partial charge on any atom is 0.261 e. The molecule has 0 radical (unpaired) electrons. The molecule has 0 bridgehead atoms. The predicted octanol–water partition coefficient (Wildman–Crippen LogP) is 4.72. The van der Waals surface area contributed by atoms with Gasteiger partial charge in [-0.3, -0.25) is 19.4 Å². The van der Waals surface area contributed by atoms with Crippen molar-refractivity contribution in [3.05, 3.63) is 107 Å². The van der Waals surface area contributed by atoms with Gasteiger partial charge in [0.05, 0.1) is 19.1 Å². The number of carbonyl (C=O) groups is 2. The summed E-state index contributed by atoms with van der Waals surface area (Å²) in [6.07, 6.45) is 4.28. The van der Waals surface area contributed by atoms with Gasteiger partial charge < -0.3 is 9.47 Å². The summed E-state index contributed by atoms with van der Waals surface area (Å²) in [5.41, 5.74) is 2.48. The smallest absolute Gasteiger partial charge is 0.261 e. The molecule has 1 fully saturated rings. The van der Waals surface area contributed by atoms with Gasteiger partial charge in [-0.1, -0.05) is 66.7 Å². The van der Waals surface area contributed by atoms with Crippen molar-refractivity contribution in [3.63, 3.8) is 0 Å². The normalized spacial score (nSPS) is 16.1. The van der Waals surface area contributed by atoms with E-state index >= 15 is 0 Å². The summed E-state index contributed by atoms with van der Waals surface area (Å²) in [6.45, 7) is 2.56. The Bertz CT molecular complexity index is 1830. The number of amides is 2. The molecule has 45 heavy (non-hydrogen) atoms. The van der Waals surface area contributed by atoms with E-state index in [-0.39, 0.29) is 23.6 Å². The van der Waals surface area contributed by atoms with Gasteiger partial charge in [-0.15, -0.1) is 0 Å². The van der Waals surface area contributed by atoms with Crippen LogP contribution in [0.5, 0.6) is 11.5 Å². The fourth-order valence-electron chi connectivity index (χ4n) is 6.05. The van der Waals surface area contributed by atoms with Crippen molar-refractivity contribution in [2.45, 2.75) is 11.3 Å². The largest absolute Gasteiger partial charge is 0.493 e. The molecule has 1 saturated heterocycles. The van der Waals surface area contributed by atoms with Gasteiger partial charge in [-0.05, 0) is 41.1 Å². The molecule has 4 aromatic carbocycles. The second-order valence-corrected chi connectivity index (χ2v) is 13.0. The summed E-state index contributed by atoms with van der Waals surface area (Å²) in [4.78, 5) is 30.5. The van der Waals surface area contributed by atoms with Gasteiger partial charge in [-0.2, -0.15) is 4.31 Å². The lowest BCUT2D eigenvalue weighted by Gasteiger charge is -2.34. The molecule has 6 rings (SSSR count). The van der Waals surface area contributed by atoms with Crippen molar-refractivity contribution in [1.82, 2.24) is 14.1 Å². The first-order valence-corrected chi connectivity index (χ1v) is 16.3. The van der Waals surface area contributed by atoms with E-state index in [2.05, 4.69) is 17.1 Å². The monoisotopic (exact) mass is 625 g/mol. The van der Waals surface area contributed by atoms with E-state index in [1.165, 1.54) is 29.5 Å². The van der Waals surface area contributed by atoms with Crippen molar-refractivity contribution in [2.75, 3.05) is 53.5 Å². The molecule has 0 aliphatic carbocycles. The van der Waals surface area contributed by atoms with Gasteiger partial charge in [-0.25, -0.2) is 8.42 Å². The number of imide groups is 1. The van der Waals surface area contributed by atoms with Crippen LogP contribution in [0, 0.1) is 0 Å². The summed E-state index contributed by atoms with van der Waals surface area (Å²) in [6, 6.07) is 23.9. The van der Waals surface area contributed by atoms with Crippen LogP contribution in [0.2, 0.25) is 0 Å². The van der Waals surface area contributed by atoms with Crippen LogP contribution in [-0.4, -0.2) is 87.8 Å². The summed E-state index contributed by atoms with van der Waals surface area (Å²) >= 11 is 0. The predicted molar refractivity (Wildman–Crippen MR) is 173 cm³/mol. The second kappa shape index (κ2) is 12.8. The van der Waals surface area contributed by atoms with Crippen LogP contribution in [0.1, 0.15) is 31.8 Å². The molecule has 2 heterocycles. The van der Waals surface area contributed by atoms with Crippen molar-refractivity contribution < 1.29 is 27.5 Å². The number of ether oxygens (including phenoxy) is 2. The Morgan fingerprint density at radius 3 is 2.02 bits per heavy atom. The van der Waals surface area contributed by atoms with E-state index in [1.54, 1.807) is 30.3 Å². The zero-order valence-electron chi connectivity index (χ0n) is 25.3. The lowest BCUT2D eigenvalue weighted by Crippen LogP contribution is -2.48. The SMILES string of the molecule is COc1cc(CCN2C(=O)c3cccc4cccc(c34)C2=O)c(S(=O)(=O)N2CCN(CC=Cc3ccccc3)CC2)cc1OC. The Balaban J connectivity index is 1.22. The van der Waals surface area contributed by atoms with E-state index in [4.69, 9.17) is 9.47 Å². The van der Waals surface area contributed by atoms with E-state index in [0.29, 0.717) is 54.0 Å². The van der Waals surface area contributed by atoms with Gasteiger partial charge in [0.15, 0.2) is 11.5 Å². The number of hydrogen-bond donors (Lipinski definition) is 0. The first kappa shape index (κ1) is 30.5. The van der Waals surface area contributed by atoms with E-state index < -0.39 is 21.8 Å². The van der Waals surface area contributed by atoms with E-state index in [1.807, 2.05) is 42.5 Å². The molecule has 2 aliphatic heterocycles. The Morgan fingerprint density at radius 1 is 0.778 bits per heavy atom. The van der Waals surface area contributed by atoms with Crippen LogP contribution >= 0.6 is 0 Å². The fourth-order valence-corrected chi connectivity index (χ4v) is 7.72. The Labute approximate surface area is 263 Å². The Morgan fingerprint density at radius 2 is 1.40 bits per heavy atom. The molecular weight excluding hydrogens is 590 g/mol. The maximum atomic E-state index is 14.1. The molecular formula is C35H35N3O6S. The molecule has 0 aromatic heterocycles. The average molecular weight is 626 g/mol. The highest BCUT2D eigenvalue weighted by atomic mass is 32.2. The third-order valence-corrected chi connectivity index (χ3v) is 10.4. The van der Waals surface area contributed by atoms with Crippen LogP contribution in [0.3, 0.4) is 0 Å². The van der Waals surface area contributed by atoms with Crippen molar-refractivity contribution in [1.29, 1.82) is 0 Å². The van der Waals surface area contributed by atoms with Crippen molar-refractivity contribution in [2.24, 2.45) is 0 Å². The Hall–Kier alpha value is -4.51. The van der Waals surface area contributed by atoms with Crippen LogP contribution < -0.4 is 9.47 Å². The molecule has 2 amide bonds. The van der Waals surface area contributed by atoms with Crippen LogP contribution in [-0.2, 0) is 16.4 Å². The molecule has 0 saturated carbocycles. The topological polar surface area (TPSA) is 96.5 Å². The number of piperazine rings is 1. The Kier molecular flexibility index (Phi) is 8.71. The highest BCUT2D eigenvalue weighted by molar-refractivity contribution is 7.89. The molecule has 9 nitrogen and oxygen atoms in total. The van der Waals surface area contributed by atoms with Crippen LogP contribution in [0.15, 0.2) is 89.8 Å². The number of carbonyl (C=O) groups excluding carboxylic acids is 2. The quantitative estimate of drug-likeness (QED) is 0.236. The van der Waals surface area contributed by atoms with Gasteiger partial charge in [0, 0.05) is 61.8 Å². The second-order valence-electron chi connectivity index (χ2n) is 11.1.